The van der Waals surface area contributed by atoms with Gasteiger partial charge in [0.25, 0.3) is 10.0 Å². The molecule has 8 heteroatoms. The van der Waals surface area contributed by atoms with E-state index in [1.54, 1.807) is 18.2 Å². The van der Waals surface area contributed by atoms with Gasteiger partial charge in [-0.25, -0.2) is 8.42 Å². The van der Waals surface area contributed by atoms with Crippen molar-refractivity contribution in [3.05, 3.63) is 50.6 Å². The maximum Gasteiger partial charge on any atom is 0.263 e. The highest BCUT2D eigenvalue weighted by Crippen LogP contribution is 2.27. The highest BCUT2D eigenvalue weighted by molar-refractivity contribution is 14.1. The number of nitriles is 1. The lowest BCUT2D eigenvalue weighted by Crippen LogP contribution is -2.15. The minimum Gasteiger partial charge on any atom is -0.398 e. The second-order valence-corrected chi connectivity index (χ2v) is 7.34. The van der Waals surface area contributed by atoms with E-state index >= 15 is 0 Å². The van der Waals surface area contributed by atoms with E-state index in [0.717, 1.165) is 0 Å². The summed E-state index contributed by atoms with van der Waals surface area (Å²) in [7, 11) is -3.84. The molecule has 0 radical (unpaired) electrons. The molecule has 0 aromatic heterocycles. The maximum atomic E-state index is 12.3. The molecule has 21 heavy (non-hydrogen) atoms. The number of rotatable bonds is 3. The van der Waals surface area contributed by atoms with Crippen LogP contribution in [0, 0.1) is 14.9 Å². The van der Waals surface area contributed by atoms with Crippen LogP contribution in [0.1, 0.15) is 5.56 Å². The Hall–Kier alpha value is -1.50. The number of anilines is 2. The molecule has 0 atom stereocenters. The number of halogens is 2. The topological polar surface area (TPSA) is 96.0 Å². The summed E-state index contributed by atoms with van der Waals surface area (Å²) in [6.45, 7) is 0. The first-order valence-corrected chi connectivity index (χ1v) is 8.55. The quantitative estimate of drug-likeness (QED) is 0.574. The van der Waals surface area contributed by atoms with Gasteiger partial charge in [-0.05, 0) is 59.0 Å². The van der Waals surface area contributed by atoms with Crippen molar-refractivity contribution in [3.63, 3.8) is 0 Å². The van der Waals surface area contributed by atoms with Crippen molar-refractivity contribution in [2.24, 2.45) is 0 Å². The monoisotopic (exact) mass is 433 g/mol. The minimum atomic E-state index is -3.84. The fourth-order valence-corrected chi connectivity index (χ4v) is 4.02. The van der Waals surface area contributed by atoms with E-state index in [1.165, 1.54) is 18.2 Å². The summed E-state index contributed by atoms with van der Waals surface area (Å²) >= 11 is 7.81. The second kappa shape index (κ2) is 6.09. The Kier molecular flexibility index (Phi) is 4.61. The maximum absolute atomic E-state index is 12.3. The molecule has 2 rings (SSSR count). The van der Waals surface area contributed by atoms with Crippen LogP contribution < -0.4 is 10.5 Å². The molecule has 0 aliphatic heterocycles. The van der Waals surface area contributed by atoms with Crippen molar-refractivity contribution in [1.82, 2.24) is 0 Å². The van der Waals surface area contributed by atoms with Gasteiger partial charge in [-0.15, -0.1) is 0 Å². The first-order valence-electron chi connectivity index (χ1n) is 5.61. The van der Waals surface area contributed by atoms with Gasteiger partial charge in [0.1, 0.15) is 4.90 Å². The van der Waals surface area contributed by atoms with E-state index in [1.807, 2.05) is 28.7 Å². The van der Waals surface area contributed by atoms with Crippen molar-refractivity contribution in [1.29, 1.82) is 5.26 Å². The molecule has 2 aromatic carbocycles. The van der Waals surface area contributed by atoms with Crippen LogP contribution in [-0.4, -0.2) is 8.42 Å². The van der Waals surface area contributed by atoms with Crippen molar-refractivity contribution < 1.29 is 8.42 Å². The molecule has 108 valence electrons. The molecule has 0 spiro atoms. The van der Waals surface area contributed by atoms with Crippen LogP contribution >= 0.6 is 34.2 Å². The Labute approximate surface area is 140 Å². The van der Waals surface area contributed by atoms with E-state index in [2.05, 4.69) is 4.72 Å². The predicted molar refractivity (Wildman–Crippen MR) is 90.5 cm³/mol. The molecule has 0 aliphatic rings. The second-order valence-electron chi connectivity index (χ2n) is 4.09. The molecule has 0 saturated carbocycles. The van der Waals surface area contributed by atoms with Gasteiger partial charge in [0.05, 0.1) is 23.0 Å². The van der Waals surface area contributed by atoms with Gasteiger partial charge in [0.2, 0.25) is 0 Å². The highest BCUT2D eigenvalue weighted by atomic mass is 127. The zero-order chi connectivity index (χ0) is 15.6. The first kappa shape index (κ1) is 15.9. The highest BCUT2D eigenvalue weighted by Gasteiger charge is 2.19. The van der Waals surface area contributed by atoms with Crippen LogP contribution in [-0.2, 0) is 10.0 Å². The summed E-state index contributed by atoms with van der Waals surface area (Å²) in [5.74, 6) is 0. The molecular formula is C13H9ClIN3O2S. The number of nitrogens with zero attached hydrogens (tertiary/aromatic N) is 1. The number of hydrogen-bond donors (Lipinski definition) is 2. The summed E-state index contributed by atoms with van der Waals surface area (Å²) in [5.41, 5.74) is 6.43. The van der Waals surface area contributed by atoms with Crippen LogP contribution in [0.25, 0.3) is 0 Å². The average molecular weight is 434 g/mol. The molecule has 0 bridgehead atoms. The molecular weight excluding hydrogens is 425 g/mol. The molecule has 5 nitrogen and oxygen atoms in total. The van der Waals surface area contributed by atoms with Crippen LogP contribution in [0.4, 0.5) is 11.4 Å². The Morgan fingerprint density at radius 3 is 2.52 bits per heavy atom. The van der Waals surface area contributed by atoms with Gasteiger partial charge >= 0.3 is 0 Å². The third-order valence-corrected chi connectivity index (χ3v) is 5.17. The van der Waals surface area contributed by atoms with Gasteiger partial charge in [-0.2, -0.15) is 5.26 Å². The fourth-order valence-electron chi connectivity index (χ4n) is 1.63. The van der Waals surface area contributed by atoms with E-state index < -0.39 is 10.0 Å². The lowest BCUT2D eigenvalue weighted by atomic mass is 10.2. The fraction of sp³-hybridized carbons (Fsp3) is 0. The molecule has 0 fully saturated rings. The largest absolute Gasteiger partial charge is 0.398 e. The summed E-state index contributed by atoms with van der Waals surface area (Å²) < 4.78 is 27.8. The summed E-state index contributed by atoms with van der Waals surface area (Å²) in [6, 6.07) is 10.7. The number of sulfonamides is 1. The summed E-state index contributed by atoms with van der Waals surface area (Å²) in [6.07, 6.45) is 0. The smallest absolute Gasteiger partial charge is 0.263 e. The van der Waals surface area contributed by atoms with Crippen LogP contribution in [0.15, 0.2) is 41.3 Å². The van der Waals surface area contributed by atoms with E-state index in [4.69, 9.17) is 22.6 Å². The molecule has 0 amide bonds. The number of nitrogens with one attached hydrogen (secondary N) is 1. The van der Waals surface area contributed by atoms with Crippen LogP contribution in [0.5, 0.6) is 0 Å². The Morgan fingerprint density at radius 1 is 1.24 bits per heavy atom. The van der Waals surface area contributed by atoms with Crippen LogP contribution in [0.3, 0.4) is 0 Å². The van der Waals surface area contributed by atoms with Crippen molar-refractivity contribution >= 4 is 55.6 Å². The molecule has 0 aliphatic carbocycles. The van der Waals surface area contributed by atoms with Gasteiger partial charge in [0.15, 0.2) is 0 Å². The third kappa shape index (κ3) is 3.58. The number of nitrogen functional groups attached to an aromatic ring is 1. The zero-order valence-electron chi connectivity index (χ0n) is 10.5. The Balaban J connectivity index is 2.41. The molecule has 0 heterocycles. The summed E-state index contributed by atoms with van der Waals surface area (Å²) in [4.78, 5) is -0.0766. The van der Waals surface area contributed by atoms with Gasteiger partial charge in [0, 0.05) is 8.59 Å². The van der Waals surface area contributed by atoms with Crippen molar-refractivity contribution in [3.8, 4) is 6.07 Å². The van der Waals surface area contributed by atoms with Gasteiger partial charge in [-0.1, -0.05) is 11.6 Å². The minimum absolute atomic E-state index is 0.0190. The first-order chi connectivity index (χ1) is 9.83. The van der Waals surface area contributed by atoms with Gasteiger partial charge < -0.3 is 5.73 Å². The third-order valence-electron chi connectivity index (χ3n) is 2.60. The number of hydrogen-bond acceptors (Lipinski definition) is 4. The average Bonchev–Trinajstić information content (AvgIpc) is 2.41. The van der Waals surface area contributed by atoms with Gasteiger partial charge in [-0.3, -0.25) is 4.72 Å². The molecule has 0 saturated heterocycles. The lowest BCUT2D eigenvalue weighted by Gasteiger charge is -2.11. The van der Waals surface area contributed by atoms with Crippen LogP contribution in [0.2, 0.25) is 5.02 Å². The van der Waals surface area contributed by atoms with E-state index in [0.29, 0.717) is 19.8 Å². The molecule has 2 aromatic rings. The normalized spacial score (nSPS) is 10.9. The predicted octanol–water partition coefficient (Wildman–Crippen LogP) is 3.20. The van der Waals surface area contributed by atoms with Crippen molar-refractivity contribution in [2.45, 2.75) is 4.90 Å². The molecule has 0 unspecified atom stereocenters. The Morgan fingerprint density at radius 2 is 1.95 bits per heavy atom. The van der Waals surface area contributed by atoms with E-state index in [-0.39, 0.29) is 10.6 Å². The summed E-state index contributed by atoms with van der Waals surface area (Å²) in [5, 5.41) is 9.28. The Bertz CT molecular complexity index is 847. The standard InChI is InChI=1S/C13H9ClIN3O2S/c14-9-2-3-12(10(15)6-9)18-21(19,20)13-4-1-8(7-16)5-11(13)17/h1-6,18H,17H2. The zero-order valence-corrected chi connectivity index (χ0v) is 14.2. The number of nitrogens with two attached hydrogens (primary N) is 1. The molecule has 3 N–H and O–H groups in total. The lowest BCUT2D eigenvalue weighted by molar-refractivity contribution is 0.601. The number of benzene rings is 2. The van der Waals surface area contributed by atoms with Crippen molar-refractivity contribution in [2.75, 3.05) is 10.5 Å². The van der Waals surface area contributed by atoms with E-state index in [9.17, 15) is 8.42 Å². The SMILES string of the molecule is N#Cc1ccc(S(=O)(=O)Nc2ccc(Cl)cc2I)c(N)c1.